The summed E-state index contributed by atoms with van der Waals surface area (Å²) < 4.78 is 19.1. The number of hydrogen-bond donors (Lipinski definition) is 2. The van der Waals surface area contributed by atoms with Crippen LogP contribution in [0.15, 0.2) is 29.3 Å². The van der Waals surface area contributed by atoms with Crippen LogP contribution in [0.2, 0.25) is 0 Å². The van der Waals surface area contributed by atoms with Crippen molar-refractivity contribution >= 4 is 5.96 Å². The summed E-state index contributed by atoms with van der Waals surface area (Å²) in [5, 5.41) is 7.11. The maximum absolute atomic E-state index is 14.0. The molecule has 2 N–H and O–H groups in total. The third-order valence-electron chi connectivity index (χ3n) is 5.48. The van der Waals surface area contributed by atoms with Crippen molar-refractivity contribution in [3.63, 3.8) is 0 Å². The minimum Gasteiger partial charge on any atom is -0.385 e. The van der Waals surface area contributed by atoms with Crippen LogP contribution in [0, 0.1) is 5.82 Å². The molecule has 1 saturated heterocycles. The van der Waals surface area contributed by atoms with Crippen LogP contribution >= 0.6 is 0 Å². The van der Waals surface area contributed by atoms with Crippen LogP contribution < -0.4 is 10.6 Å². The Morgan fingerprint density at radius 3 is 2.74 bits per heavy atom. The zero-order valence-corrected chi connectivity index (χ0v) is 16.6. The highest BCUT2D eigenvalue weighted by molar-refractivity contribution is 5.81. The van der Waals surface area contributed by atoms with Gasteiger partial charge in [0.25, 0.3) is 0 Å². The molecule has 1 aromatic carbocycles. The zero-order valence-electron chi connectivity index (χ0n) is 16.6. The second-order valence-corrected chi connectivity index (χ2v) is 7.54. The van der Waals surface area contributed by atoms with E-state index in [-0.39, 0.29) is 17.8 Å². The Morgan fingerprint density at radius 1 is 1.26 bits per heavy atom. The van der Waals surface area contributed by atoms with Crippen molar-refractivity contribution < 1.29 is 9.13 Å². The number of methoxy groups -OCH3 is 1. The van der Waals surface area contributed by atoms with Crippen LogP contribution in [0.4, 0.5) is 4.39 Å². The predicted molar refractivity (Wildman–Crippen MR) is 108 cm³/mol. The first-order valence-corrected chi connectivity index (χ1v) is 10.2. The maximum Gasteiger partial charge on any atom is 0.191 e. The van der Waals surface area contributed by atoms with Gasteiger partial charge in [-0.3, -0.25) is 4.99 Å². The molecule has 0 spiro atoms. The van der Waals surface area contributed by atoms with Crippen LogP contribution in [-0.2, 0) is 4.74 Å². The molecule has 2 aliphatic rings. The number of halogens is 1. The summed E-state index contributed by atoms with van der Waals surface area (Å²) in [5.41, 5.74) is 0.815. The third kappa shape index (κ3) is 5.91. The van der Waals surface area contributed by atoms with E-state index < -0.39 is 0 Å². The third-order valence-corrected chi connectivity index (χ3v) is 5.48. The standard InChI is InChI=1S/C21H33FN4O/c1-3-23-21(24-16-9-12-26(13-10-16)11-6-14-27-2)25-20-15-18(20)17-7-4-5-8-19(17)22/h4-5,7-8,16,18,20H,3,6,9-15H2,1-2H3,(H2,23,24,25). The summed E-state index contributed by atoms with van der Waals surface area (Å²) in [6.45, 7) is 6.95. The van der Waals surface area contributed by atoms with Crippen molar-refractivity contribution in [1.29, 1.82) is 0 Å². The second kappa shape index (κ2) is 10.0. The molecule has 2 fully saturated rings. The molecule has 0 bridgehead atoms. The number of hydrogen-bond acceptors (Lipinski definition) is 3. The van der Waals surface area contributed by atoms with E-state index in [0.29, 0.717) is 6.04 Å². The molecule has 6 heteroatoms. The van der Waals surface area contributed by atoms with Crippen molar-refractivity contribution in [2.45, 2.75) is 50.6 Å². The first-order valence-electron chi connectivity index (χ1n) is 10.2. The first kappa shape index (κ1) is 20.1. The summed E-state index contributed by atoms with van der Waals surface area (Å²) in [7, 11) is 1.76. The van der Waals surface area contributed by atoms with E-state index in [0.717, 1.165) is 70.0 Å². The van der Waals surface area contributed by atoms with Crippen LogP contribution in [0.25, 0.3) is 0 Å². The van der Waals surface area contributed by atoms with E-state index >= 15 is 0 Å². The molecular weight excluding hydrogens is 343 g/mol. The minimum atomic E-state index is -0.102. The van der Waals surface area contributed by atoms with E-state index in [2.05, 4.69) is 20.5 Å². The lowest BCUT2D eigenvalue weighted by atomic mass is 10.1. The van der Waals surface area contributed by atoms with Crippen LogP contribution in [0.1, 0.15) is 44.1 Å². The van der Waals surface area contributed by atoms with Gasteiger partial charge >= 0.3 is 0 Å². The van der Waals surface area contributed by atoms with Gasteiger partial charge in [0.1, 0.15) is 5.82 Å². The molecule has 27 heavy (non-hydrogen) atoms. The molecule has 2 unspecified atom stereocenters. The smallest absolute Gasteiger partial charge is 0.191 e. The Morgan fingerprint density at radius 2 is 2.04 bits per heavy atom. The number of ether oxygens (including phenoxy) is 1. The SMILES string of the molecule is CCN=C(NC1CCN(CCCOC)CC1)NC1CC1c1ccccc1F. The monoisotopic (exact) mass is 376 g/mol. The van der Waals surface area contributed by atoms with Gasteiger partial charge in [-0.05, 0) is 44.2 Å². The lowest BCUT2D eigenvalue weighted by Gasteiger charge is -2.33. The summed E-state index contributed by atoms with van der Waals surface area (Å²) >= 11 is 0. The van der Waals surface area contributed by atoms with Crippen molar-refractivity contribution in [2.24, 2.45) is 4.99 Å². The summed E-state index contributed by atoms with van der Waals surface area (Å²) in [6, 6.07) is 7.82. The molecular formula is C21H33FN4O. The number of nitrogens with zero attached hydrogens (tertiary/aromatic N) is 2. The van der Waals surface area contributed by atoms with E-state index in [1.165, 1.54) is 0 Å². The zero-order chi connectivity index (χ0) is 19.1. The average Bonchev–Trinajstić information content (AvgIpc) is 3.43. The lowest BCUT2D eigenvalue weighted by Crippen LogP contribution is -2.49. The molecule has 1 saturated carbocycles. The normalized spacial score (nSPS) is 24.0. The van der Waals surface area contributed by atoms with Gasteiger partial charge in [0, 0.05) is 57.9 Å². The number of nitrogens with one attached hydrogen (secondary N) is 2. The second-order valence-electron chi connectivity index (χ2n) is 7.54. The van der Waals surface area contributed by atoms with Gasteiger partial charge in [-0.25, -0.2) is 4.39 Å². The number of benzene rings is 1. The fourth-order valence-corrected chi connectivity index (χ4v) is 3.87. The van der Waals surface area contributed by atoms with Crippen LogP contribution in [0.3, 0.4) is 0 Å². The summed E-state index contributed by atoms with van der Waals surface area (Å²) in [4.78, 5) is 7.11. The number of likely N-dealkylation sites (tertiary alicyclic amines) is 1. The van der Waals surface area contributed by atoms with E-state index in [1.807, 2.05) is 19.1 Å². The van der Waals surface area contributed by atoms with Crippen molar-refractivity contribution in [2.75, 3.05) is 39.9 Å². The average molecular weight is 377 g/mol. The molecule has 0 amide bonds. The van der Waals surface area contributed by atoms with Gasteiger partial charge in [-0.15, -0.1) is 0 Å². The Balaban J connectivity index is 1.44. The summed E-state index contributed by atoms with van der Waals surface area (Å²) in [6.07, 6.45) is 4.30. The van der Waals surface area contributed by atoms with Crippen molar-refractivity contribution in [1.82, 2.24) is 15.5 Å². The number of rotatable bonds is 8. The highest BCUT2D eigenvalue weighted by Crippen LogP contribution is 2.41. The highest BCUT2D eigenvalue weighted by atomic mass is 19.1. The van der Waals surface area contributed by atoms with Gasteiger partial charge in [0.15, 0.2) is 5.96 Å². The largest absolute Gasteiger partial charge is 0.385 e. The van der Waals surface area contributed by atoms with Gasteiger partial charge in [0.2, 0.25) is 0 Å². The van der Waals surface area contributed by atoms with Crippen molar-refractivity contribution in [3.8, 4) is 0 Å². The van der Waals surface area contributed by atoms with Crippen LogP contribution in [0.5, 0.6) is 0 Å². The van der Waals surface area contributed by atoms with Gasteiger partial charge in [0.05, 0.1) is 0 Å². The molecule has 2 atom stereocenters. The van der Waals surface area contributed by atoms with Gasteiger partial charge < -0.3 is 20.3 Å². The summed E-state index contributed by atoms with van der Waals surface area (Å²) in [5.74, 6) is 1.02. The highest BCUT2D eigenvalue weighted by Gasteiger charge is 2.40. The quantitative estimate of drug-likeness (QED) is 0.416. The molecule has 1 heterocycles. The van der Waals surface area contributed by atoms with E-state index in [1.54, 1.807) is 19.2 Å². The van der Waals surface area contributed by atoms with E-state index in [4.69, 9.17) is 4.74 Å². The Kier molecular flexibility index (Phi) is 7.47. The topological polar surface area (TPSA) is 48.9 Å². The number of guanidine groups is 1. The van der Waals surface area contributed by atoms with Gasteiger partial charge in [-0.2, -0.15) is 0 Å². The maximum atomic E-state index is 14.0. The number of aliphatic imine (C=N–C) groups is 1. The molecule has 5 nitrogen and oxygen atoms in total. The molecule has 1 aromatic rings. The molecule has 150 valence electrons. The fraction of sp³-hybridized carbons (Fsp3) is 0.667. The number of piperidine rings is 1. The Labute approximate surface area is 162 Å². The lowest BCUT2D eigenvalue weighted by molar-refractivity contribution is 0.155. The predicted octanol–water partition coefficient (Wildman–Crippen LogP) is 2.74. The molecule has 3 rings (SSSR count). The van der Waals surface area contributed by atoms with Crippen molar-refractivity contribution in [3.05, 3.63) is 35.6 Å². The Hall–Kier alpha value is -1.66. The molecule has 0 radical (unpaired) electrons. The molecule has 1 aliphatic carbocycles. The van der Waals surface area contributed by atoms with E-state index in [9.17, 15) is 4.39 Å². The first-order chi connectivity index (χ1) is 13.2. The molecule has 1 aliphatic heterocycles. The molecule has 0 aromatic heterocycles. The fourth-order valence-electron chi connectivity index (χ4n) is 3.87. The van der Waals surface area contributed by atoms with Gasteiger partial charge in [-0.1, -0.05) is 18.2 Å². The Bertz CT molecular complexity index is 616. The minimum absolute atomic E-state index is 0.102. The van der Waals surface area contributed by atoms with Crippen LogP contribution in [-0.4, -0.2) is 62.8 Å².